The van der Waals surface area contributed by atoms with Gasteiger partial charge in [0.25, 0.3) is 0 Å². The Morgan fingerprint density at radius 2 is 1.89 bits per heavy atom. The molecule has 0 saturated heterocycles. The SMILES string of the molecule is COCCNS(=O)(=O)c1ccc(OC)cc1OC. The molecule has 1 aromatic carbocycles. The van der Waals surface area contributed by atoms with Gasteiger partial charge in [-0.2, -0.15) is 0 Å². The second kappa shape index (κ2) is 6.58. The fourth-order valence-electron chi connectivity index (χ4n) is 1.35. The number of sulfonamides is 1. The molecule has 0 atom stereocenters. The number of nitrogens with one attached hydrogen (secondary N) is 1. The summed E-state index contributed by atoms with van der Waals surface area (Å²) in [5, 5.41) is 0. The normalized spacial score (nSPS) is 11.3. The zero-order valence-corrected chi connectivity index (χ0v) is 11.4. The molecule has 0 aliphatic heterocycles. The van der Waals surface area contributed by atoms with Gasteiger partial charge in [-0.25, -0.2) is 13.1 Å². The molecule has 0 bridgehead atoms. The van der Waals surface area contributed by atoms with Gasteiger partial charge in [-0.15, -0.1) is 0 Å². The Kier molecular flexibility index (Phi) is 5.39. The molecule has 0 spiro atoms. The lowest BCUT2D eigenvalue weighted by Crippen LogP contribution is -2.27. The van der Waals surface area contributed by atoms with Gasteiger partial charge in [0.1, 0.15) is 16.4 Å². The Hall–Kier alpha value is -1.31. The zero-order valence-electron chi connectivity index (χ0n) is 10.6. The molecule has 0 unspecified atom stereocenters. The summed E-state index contributed by atoms with van der Waals surface area (Å²) in [5.41, 5.74) is 0. The van der Waals surface area contributed by atoms with Gasteiger partial charge in [-0.05, 0) is 12.1 Å². The van der Waals surface area contributed by atoms with Crippen LogP contribution in [0.15, 0.2) is 23.1 Å². The first-order chi connectivity index (χ1) is 8.55. The number of hydrogen-bond donors (Lipinski definition) is 1. The molecular weight excluding hydrogens is 258 g/mol. The number of rotatable bonds is 7. The minimum absolute atomic E-state index is 0.0712. The van der Waals surface area contributed by atoms with Gasteiger partial charge in [-0.1, -0.05) is 0 Å². The summed E-state index contributed by atoms with van der Waals surface area (Å²) in [5.74, 6) is 0.766. The van der Waals surface area contributed by atoms with Crippen LogP contribution in [0.25, 0.3) is 0 Å². The topological polar surface area (TPSA) is 73.9 Å². The van der Waals surface area contributed by atoms with Gasteiger partial charge in [-0.3, -0.25) is 0 Å². The third kappa shape index (κ3) is 3.59. The van der Waals surface area contributed by atoms with E-state index in [-0.39, 0.29) is 17.2 Å². The molecule has 0 aliphatic rings. The van der Waals surface area contributed by atoms with Crippen LogP contribution in [0.1, 0.15) is 0 Å². The average molecular weight is 275 g/mol. The number of ether oxygens (including phenoxy) is 3. The quantitative estimate of drug-likeness (QED) is 0.739. The molecule has 0 radical (unpaired) electrons. The van der Waals surface area contributed by atoms with E-state index in [2.05, 4.69) is 4.72 Å². The van der Waals surface area contributed by atoms with Crippen molar-refractivity contribution in [2.75, 3.05) is 34.5 Å². The molecule has 18 heavy (non-hydrogen) atoms. The van der Waals surface area contributed by atoms with Crippen molar-refractivity contribution >= 4 is 10.0 Å². The summed E-state index contributed by atoms with van der Waals surface area (Å²) in [7, 11) is 0.797. The van der Waals surface area contributed by atoms with Crippen LogP contribution in [0.2, 0.25) is 0 Å². The van der Waals surface area contributed by atoms with Crippen molar-refractivity contribution in [3.8, 4) is 11.5 Å². The van der Waals surface area contributed by atoms with Crippen molar-refractivity contribution in [1.29, 1.82) is 0 Å². The molecule has 102 valence electrons. The fraction of sp³-hybridized carbons (Fsp3) is 0.455. The Morgan fingerprint density at radius 3 is 2.44 bits per heavy atom. The van der Waals surface area contributed by atoms with Crippen LogP contribution >= 0.6 is 0 Å². The standard InChI is InChI=1S/C11H17NO5S/c1-15-7-6-12-18(13,14)11-5-4-9(16-2)8-10(11)17-3/h4-5,8,12H,6-7H2,1-3H3. The zero-order chi connectivity index (χ0) is 13.6. The maximum atomic E-state index is 12.0. The van der Waals surface area contributed by atoms with E-state index in [9.17, 15) is 8.42 Å². The lowest BCUT2D eigenvalue weighted by Gasteiger charge is -2.11. The summed E-state index contributed by atoms with van der Waals surface area (Å²) >= 11 is 0. The van der Waals surface area contributed by atoms with Crippen LogP contribution in [0.4, 0.5) is 0 Å². The maximum Gasteiger partial charge on any atom is 0.244 e. The van der Waals surface area contributed by atoms with Gasteiger partial charge in [0.15, 0.2) is 0 Å². The molecular formula is C11H17NO5S. The molecule has 0 fully saturated rings. The molecule has 1 N–H and O–H groups in total. The molecule has 6 nitrogen and oxygen atoms in total. The Morgan fingerprint density at radius 1 is 1.17 bits per heavy atom. The van der Waals surface area contributed by atoms with E-state index in [0.717, 1.165) is 0 Å². The van der Waals surface area contributed by atoms with E-state index in [1.807, 2.05) is 0 Å². The highest BCUT2D eigenvalue weighted by Crippen LogP contribution is 2.27. The second-order valence-corrected chi connectivity index (χ2v) is 5.14. The van der Waals surface area contributed by atoms with Crippen LogP contribution < -0.4 is 14.2 Å². The first kappa shape index (κ1) is 14.7. The molecule has 7 heteroatoms. The van der Waals surface area contributed by atoms with Crippen molar-refractivity contribution in [2.24, 2.45) is 0 Å². The number of methoxy groups -OCH3 is 3. The summed E-state index contributed by atoms with van der Waals surface area (Å²) in [4.78, 5) is 0.0712. The van der Waals surface area contributed by atoms with Crippen LogP contribution in [0, 0.1) is 0 Å². The highest BCUT2D eigenvalue weighted by Gasteiger charge is 2.19. The van der Waals surface area contributed by atoms with Gasteiger partial charge >= 0.3 is 0 Å². The van der Waals surface area contributed by atoms with Gasteiger partial charge in [0.2, 0.25) is 10.0 Å². The summed E-state index contributed by atoms with van der Waals surface area (Å²) in [6.07, 6.45) is 0. The Balaban J connectivity index is 3.00. The van der Waals surface area contributed by atoms with Crippen LogP contribution in [-0.4, -0.2) is 42.9 Å². The van der Waals surface area contributed by atoms with Gasteiger partial charge < -0.3 is 14.2 Å². The van der Waals surface area contributed by atoms with Crippen molar-refractivity contribution in [2.45, 2.75) is 4.90 Å². The highest BCUT2D eigenvalue weighted by molar-refractivity contribution is 7.89. The Bertz CT molecular complexity index is 486. The fourth-order valence-corrected chi connectivity index (χ4v) is 2.51. The van der Waals surface area contributed by atoms with E-state index >= 15 is 0 Å². The van der Waals surface area contributed by atoms with E-state index in [0.29, 0.717) is 12.4 Å². The first-order valence-electron chi connectivity index (χ1n) is 5.25. The molecule has 0 heterocycles. The molecule has 0 aliphatic carbocycles. The number of hydrogen-bond acceptors (Lipinski definition) is 5. The molecule has 1 rings (SSSR count). The van der Waals surface area contributed by atoms with Crippen molar-refractivity contribution in [1.82, 2.24) is 4.72 Å². The summed E-state index contributed by atoms with van der Waals surface area (Å²) in [6.45, 7) is 0.506. The third-order valence-corrected chi connectivity index (χ3v) is 3.76. The summed E-state index contributed by atoms with van der Waals surface area (Å²) in [6, 6.07) is 4.52. The summed E-state index contributed by atoms with van der Waals surface area (Å²) < 4.78 is 41.3. The predicted molar refractivity (Wildman–Crippen MR) is 66.6 cm³/mol. The second-order valence-electron chi connectivity index (χ2n) is 3.41. The minimum atomic E-state index is -3.61. The van der Waals surface area contributed by atoms with Crippen LogP contribution in [-0.2, 0) is 14.8 Å². The molecule has 0 aromatic heterocycles. The average Bonchev–Trinajstić information content (AvgIpc) is 2.38. The molecule has 0 amide bonds. The minimum Gasteiger partial charge on any atom is -0.497 e. The predicted octanol–water partition coefficient (Wildman–Crippen LogP) is 0.628. The monoisotopic (exact) mass is 275 g/mol. The number of benzene rings is 1. The molecule has 0 saturated carbocycles. The van der Waals surface area contributed by atoms with E-state index in [4.69, 9.17) is 14.2 Å². The first-order valence-corrected chi connectivity index (χ1v) is 6.74. The van der Waals surface area contributed by atoms with Crippen molar-refractivity contribution in [3.05, 3.63) is 18.2 Å². The molecule has 1 aromatic rings. The van der Waals surface area contributed by atoms with Crippen LogP contribution in [0.5, 0.6) is 11.5 Å². The van der Waals surface area contributed by atoms with Gasteiger partial charge in [0.05, 0.1) is 20.8 Å². The Labute approximate surface area is 107 Å². The third-order valence-electron chi connectivity index (χ3n) is 2.26. The smallest absolute Gasteiger partial charge is 0.244 e. The largest absolute Gasteiger partial charge is 0.497 e. The maximum absolute atomic E-state index is 12.0. The van der Waals surface area contributed by atoms with Crippen LogP contribution in [0.3, 0.4) is 0 Å². The van der Waals surface area contributed by atoms with E-state index in [1.54, 1.807) is 6.07 Å². The lowest BCUT2D eigenvalue weighted by molar-refractivity contribution is 0.204. The van der Waals surface area contributed by atoms with Gasteiger partial charge in [0, 0.05) is 19.7 Å². The van der Waals surface area contributed by atoms with E-state index < -0.39 is 10.0 Å². The van der Waals surface area contributed by atoms with Crippen molar-refractivity contribution < 1.29 is 22.6 Å². The lowest BCUT2D eigenvalue weighted by atomic mass is 10.3. The highest BCUT2D eigenvalue weighted by atomic mass is 32.2. The van der Waals surface area contributed by atoms with Crippen molar-refractivity contribution in [3.63, 3.8) is 0 Å². The van der Waals surface area contributed by atoms with E-state index in [1.165, 1.54) is 33.5 Å².